The van der Waals surface area contributed by atoms with Crippen LogP contribution in [0.2, 0.25) is 25.1 Å². The largest absolute Gasteiger partial charge is 1.00 e. The molecule has 0 fully saturated rings. The number of imidazole rings is 1. The summed E-state index contributed by atoms with van der Waals surface area (Å²) in [5.74, 6) is 0. The lowest BCUT2D eigenvalue weighted by Gasteiger charge is -2.19. The molecular weight excluding hydrogens is 613 g/mol. The maximum absolute atomic E-state index is 6.53. The van der Waals surface area contributed by atoms with E-state index < -0.39 is 0 Å². The molecule has 0 aliphatic heterocycles. The van der Waals surface area contributed by atoms with Gasteiger partial charge in [0.05, 0.1) is 13.2 Å². The highest BCUT2D eigenvalue weighted by Gasteiger charge is 2.20. The molecule has 1 aromatic heterocycles. The lowest BCUT2D eigenvalue weighted by molar-refractivity contribution is -0.696. The number of aromatic nitrogens is 2. The van der Waals surface area contributed by atoms with Gasteiger partial charge in [0.1, 0.15) is 25.0 Å². The highest BCUT2D eigenvalue weighted by molar-refractivity contribution is 6.35. The molecular formula is C26H22BrCl5N2O. The molecule has 0 saturated heterocycles. The molecule has 3 nitrogen and oxygen atoms in total. The molecule has 184 valence electrons. The summed E-state index contributed by atoms with van der Waals surface area (Å²) in [6.45, 7) is 1.74. The SMILES string of the molecule is Clc1ccc(CC[n+]2ccn(CC(OCc3ccc(Cl)cc3Cl)c3ccc(Cl)cc3Cl)c2)cc1.[Br-]. The van der Waals surface area contributed by atoms with Crippen molar-refractivity contribution in [3.63, 3.8) is 0 Å². The second-order valence-electron chi connectivity index (χ2n) is 7.93. The Kier molecular flexibility index (Phi) is 10.8. The first-order valence-corrected chi connectivity index (χ1v) is 12.6. The summed E-state index contributed by atoms with van der Waals surface area (Å²) >= 11 is 31.0. The van der Waals surface area contributed by atoms with Crippen LogP contribution < -0.4 is 21.5 Å². The van der Waals surface area contributed by atoms with Crippen LogP contribution >= 0.6 is 58.0 Å². The van der Waals surface area contributed by atoms with Crippen LogP contribution in [-0.2, 0) is 30.9 Å². The zero-order valence-corrected chi connectivity index (χ0v) is 23.8. The summed E-state index contributed by atoms with van der Waals surface area (Å²) in [6, 6.07) is 18.7. The summed E-state index contributed by atoms with van der Waals surface area (Å²) in [5.41, 5.74) is 2.95. The number of rotatable bonds is 9. The van der Waals surface area contributed by atoms with Crippen LogP contribution in [0.3, 0.4) is 0 Å². The first-order valence-electron chi connectivity index (χ1n) is 10.7. The lowest BCUT2D eigenvalue weighted by atomic mass is 10.1. The average Bonchev–Trinajstić information content (AvgIpc) is 3.25. The second-order valence-corrected chi connectivity index (χ2v) is 10.0. The van der Waals surface area contributed by atoms with Gasteiger partial charge in [0.25, 0.3) is 0 Å². The van der Waals surface area contributed by atoms with E-state index >= 15 is 0 Å². The van der Waals surface area contributed by atoms with E-state index in [1.165, 1.54) is 5.56 Å². The molecule has 35 heavy (non-hydrogen) atoms. The van der Waals surface area contributed by atoms with Crippen LogP contribution in [-0.4, -0.2) is 4.57 Å². The molecule has 0 saturated carbocycles. The first-order chi connectivity index (χ1) is 16.4. The van der Waals surface area contributed by atoms with Crippen molar-refractivity contribution in [1.82, 2.24) is 4.57 Å². The van der Waals surface area contributed by atoms with Gasteiger partial charge >= 0.3 is 0 Å². The van der Waals surface area contributed by atoms with Crippen LogP contribution in [0.5, 0.6) is 0 Å². The Hall–Kier alpha value is -1.24. The van der Waals surface area contributed by atoms with Gasteiger partial charge in [-0.3, -0.25) is 0 Å². The van der Waals surface area contributed by atoms with Crippen molar-refractivity contribution in [3.8, 4) is 0 Å². The predicted octanol–water partition coefficient (Wildman–Crippen LogP) is 5.25. The Balaban J connectivity index is 0.00000342. The summed E-state index contributed by atoms with van der Waals surface area (Å²) in [7, 11) is 0. The Labute approximate surface area is 240 Å². The fraction of sp³-hybridized carbons (Fsp3) is 0.192. The maximum Gasteiger partial charge on any atom is 0.243 e. The number of benzene rings is 3. The molecule has 1 unspecified atom stereocenters. The Morgan fingerprint density at radius 1 is 0.800 bits per heavy atom. The number of hydrogen-bond acceptors (Lipinski definition) is 1. The molecule has 4 aromatic rings. The van der Waals surface area contributed by atoms with E-state index in [0.717, 1.165) is 29.1 Å². The number of hydrogen-bond donors (Lipinski definition) is 0. The van der Waals surface area contributed by atoms with Gasteiger partial charge < -0.3 is 21.7 Å². The third kappa shape index (κ3) is 8.13. The molecule has 0 radical (unpaired) electrons. The van der Waals surface area contributed by atoms with Crippen LogP contribution in [0.1, 0.15) is 22.8 Å². The molecule has 3 aromatic carbocycles. The van der Waals surface area contributed by atoms with Crippen LogP contribution in [0.4, 0.5) is 0 Å². The number of aryl methyl sites for hydroxylation is 2. The lowest BCUT2D eigenvalue weighted by Crippen LogP contribution is -3.00. The number of nitrogens with zero attached hydrogens (tertiary/aromatic N) is 2. The molecule has 0 spiro atoms. The Morgan fingerprint density at radius 2 is 1.46 bits per heavy atom. The summed E-state index contributed by atoms with van der Waals surface area (Å²) in [5, 5.41) is 3.03. The van der Waals surface area contributed by atoms with E-state index in [-0.39, 0.29) is 23.1 Å². The molecule has 0 bridgehead atoms. The molecule has 0 aliphatic carbocycles. The van der Waals surface area contributed by atoms with E-state index in [0.29, 0.717) is 33.2 Å². The smallest absolute Gasteiger partial charge is 0.243 e. The van der Waals surface area contributed by atoms with Gasteiger partial charge in [0.15, 0.2) is 0 Å². The van der Waals surface area contributed by atoms with Gasteiger partial charge in [-0.2, -0.15) is 0 Å². The van der Waals surface area contributed by atoms with Gasteiger partial charge in [-0.15, -0.1) is 0 Å². The van der Waals surface area contributed by atoms with Crippen molar-refractivity contribution in [1.29, 1.82) is 0 Å². The third-order valence-corrected chi connectivity index (χ3v) is 6.86. The first kappa shape index (κ1) is 28.3. The van der Waals surface area contributed by atoms with Gasteiger partial charge in [0.2, 0.25) is 6.33 Å². The minimum atomic E-state index is -0.311. The quantitative estimate of drug-likeness (QED) is 0.230. The van der Waals surface area contributed by atoms with Crippen molar-refractivity contribution in [2.45, 2.75) is 32.2 Å². The molecule has 0 amide bonds. The van der Waals surface area contributed by atoms with Crippen molar-refractivity contribution in [3.05, 3.63) is 121 Å². The summed E-state index contributed by atoms with van der Waals surface area (Å²) in [6.07, 6.45) is 6.73. The van der Waals surface area contributed by atoms with Crippen LogP contribution in [0.15, 0.2) is 79.4 Å². The van der Waals surface area contributed by atoms with Crippen molar-refractivity contribution < 1.29 is 26.3 Å². The maximum atomic E-state index is 6.53. The fourth-order valence-electron chi connectivity index (χ4n) is 3.61. The monoisotopic (exact) mass is 632 g/mol. The van der Waals surface area contributed by atoms with Crippen molar-refractivity contribution in [2.24, 2.45) is 0 Å². The van der Waals surface area contributed by atoms with Gasteiger partial charge in [0, 0.05) is 37.1 Å². The van der Waals surface area contributed by atoms with Gasteiger partial charge in [-0.1, -0.05) is 82.3 Å². The standard InChI is InChI=1S/C26H22Cl5N2O.BrH/c27-20-4-1-18(2-5-20)9-10-32-11-12-33(17-32)15-26(23-8-7-22(29)14-25(23)31)34-16-19-3-6-21(28)13-24(19)30;/h1-8,11-14,17,26H,9-10,15-16H2;1H/q+1;/p-1. The topological polar surface area (TPSA) is 18.0 Å². The summed E-state index contributed by atoms with van der Waals surface area (Å²) in [4.78, 5) is 0. The molecule has 0 N–H and O–H groups in total. The number of halogens is 6. The molecule has 9 heteroatoms. The minimum absolute atomic E-state index is 0. The second kappa shape index (κ2) is 13.3. The third-order valence-electron chi connectivity index (χ3n) is 5.46. The normalized spacial score (nSPS) is 11.8. The highest BCUT2D eigenvalue weighted by atomic mass is 79.9. The van der Waals surface area contributed by atoms with Crippen molar-refractivity contribution >= 4 is 58.0 Å². The Morgan fingerprint density at radius 3 is 2.14 bits per heavy atom. The van der Waals surface area contributed by atoms with Crippen molar-refractivity contribution in [2.75, 3.05) is 0 Å². The van der Waals surface area contributed by atoms with E-state index in [2.05, 4.69) is 15.5 Å². The van der Waals surface area contributed by atoms with Gasteiger partial charge in [-0.25, -0.2) is 9.13 Å². The van der Waals surface area contributed by atoms with Gasteiger partial charge in [-0.05, 0) is 47.5 Å². The zero-order valence-electron chi connectivity index (χ0n) is 18.5. The minimum Gasteiger partial charge on any atom is -1.00 e. The Bertz CT molecular complexity index is 1260. The molecule has 1 atom stereocenters. The van der Waals surface area contributed by atoms with E-state index in [1.54, 1.807) is 18.2 Å². The fourth-order valence-corrected chi connectivity index (χ4v) is 4.73. The average molecular weight is 636 g/mol. The highest BCUT2D eigenvalue weighted by Crippen LogP contribution is 2.31. The molecule has 1 heterocycles. The predicted molar refractivity (Wildman–Crippen MR) is 140 cm³/mol. The van der Waals surface area contributed by atoms with Crippen LogP contribution in [0.25, 0.3) is 0 Å². The zero-order chi connectivity index (χ0) is 24.1. The van der Waals surface area contributed by atoms with E-state index in [9.17, 15) is 0 Å². The molecule has 4 rings (SSSR count). The number of ether oxygens (including phenoxy) is 1. The van der Waals surface area contributed by atoms with E-state index in [1.807, 2.05) is 54.9 Å². The van der Waals surface area contributed by atoms with E-state index in [4.69, 9.17) is 62.7 Å². The molecule has 0 aliphatic rings. The van der Waals surface area contributed by atoms with Crippen LogP contribution in [0, 0.1) is 0 Å². The summed E-state index contributed by atoms with van der Waals surface area (Å²) < 4.78 is 10.5.